The van der Waals surface area contributed by atoms with Crippen LogP contribution in [0.15, 0.2) is 79.3 Å². The molecular weight excluding hydrogens is 308 g/mol. The van der Waals surface area contributed by atoms with E-state index >= 15 is 0 Å². The second-order valence-corrected chi connectivity index (χ2v) is 6.45. The molecule has 0 saturated carbocycles. The van der Waals surface area contributed by atoms with E-state index in [-0.39, 0.29) is 0 Å². The molecule has 0 atom stereocenters. The molecule has 0 radical (unpaired) electrons. The van der Waals surface area contributed by atoms with Crippen LogP contribution in [0.4, 0.5) is 0 Å². The fraction of sp³-hybridized carbons (Fsp3) is 0.0476. The minimum atomic E-state index is 0.924. The standard InChI is InChI=1S/C21H15N4/c1-2-7-16-15(6-1)14-23-12-13-24(21(16)23)25-18-9-4-3-8-17(18)20-19(25)10-5-11-22-20/h1-13H,14H2/q+1. The van der Waals surface area contributed by atoms with Crippen molar-refractivity contribution < 1.29 is 4.57 Å². The van der Waals surface area contributed by atoms with Gasteiger partial charge in [0.25, 0.3) is 0 Å². The molecule has 0 spiro atoms. The van der Waals surface area contributed by atoms with Crippen molar-refractivity contribution in [2.75, 3.05) is 0 Å². The van der Waals surface area contributed by atoms with Crippen LogP contribution in [0.5, 0.6) is 0 Å². The molecule has 2 aromatic carbocycles. The van der Waals surface area contributed by atoms with E-state index in [9.17, 15) is 0 Å². The smallest absolute Gasteiger partial charge is 0.254 e. The monoisotopic (exact) mass is 323 g/mol. The quantitative estimate of drug-likeness (QED) is 0.425. The topological polar surface area (TPSA) is 26.6 Å². The molecule has 1 aliphatic rings. The van der Waals surface area contributed by atoms with Crippen LogP contribution in [0.2, 0.25) is 0 Å². The lowest BCUT2D eigenvalue weighted by Gasteiger charge is -2.05. The van der Waals surface area contributed by atoms with E-state index in [1.807, 2.05) is 12.3 Å². The summed E-state index contributed by atoms with van der Waals surface area (Å²) in [5.41, 5.74) is 5.98. The zero-order valence-corrected chi connectivity index (χ0v) is 13.5. The van der Waals surface area contributed by atoms with E-state index in [1.165, 1.54) is 27.9 Å². The van der Waals surface area contributed by atoms with Crippen molar-refractivity contribution in [1.82, 2.24) is 14.3 Å². The first-order valence-electron chi connectivity index (χ1n) is 8.46. The first-order chi connectivity index (χ1) is 12.4. The Morgan fingerprint density at radius 3 is 2.72 bits per heavy atom. The van der Waals surface area contributed by atoms with Crippen LogP contribution in [-0.2, 0) is 6.54 Å². The van der Waals surface area contributed by atoms with Gasteiger partial charge < -0.3 is 0 Å². The van der Waals surface area contributed by atoms with Gasteiger partial charge in [0, 0.05) is 17.1 Å². The highest BCUT2D eigenvalue weighted by Crippen LogP contribution is 2.31. The minimum Gasteiger partial charge on any atom is -0.254 e. The number of benzene rings is 2. The fourth-order valence-electron chi connectivity index (χ4n) is 4.04. The lowest BCUT2D eigenvalue weighted by molar-refractivity contribution is -0.671. The molecule has 1 aliphatic heterocycles. The van der Waals surface area contributed by atoms with E-state index in [4.69, 9.17) is 0 Å². The summed E-state index contributed by atoms with van der Waals surface area (Å²) in [6, 6.07) is 21.2. The number of fused-ring (bicyclic) bond motifs is 6. The third kappa shape index (κ3) is 1.61. The summed E-state index contributed by atoms with van der Waals surface area (Å²) in [7, 11) is 0. The molecule has 25 heavy (non-hydrogen) atoms. The molecule has 4 nitrogen and oxygen atoms in total. The molecule has 4 heterocycles. The van der Waals surface area contributed by atoms with Crippen molar-refractivity contribution in [2.24, 2.45) is 0 Å². The van der Waals surface area contributed by atoms with E-state index in [2.05, 4.69) is 85.9 Å². The van der Waals surface area contributed by atoms with Gasteiger partial charge in [-0.25, -0.2) is 4.57 Å². The van der Waals surface area contributed by atoms with Gasteiger partial charge in [0.1, 0.15) is 18.3 Å². The Labute approximate surface area is 144 Å². The van der Waals surface area contributed by atoms with Crippen LogP contribution >= 0.6 is 0 Å². The highest BCUT2D eigenvalue weighted by molar-refractivity contribution is 6.05. The molecular formula is C21H15N4+. The number of nitrogens with zero attached hydrogens (tertiary/aromatic N) is 4. The van der Waals surface area contributed by atoms with E-state index in [1.54, 1.807) is 0 Å². The highest BCUT2D eigenvalue weighted by Gasteiger charge is 2.31. The first-order valence-corrected chi connectivity index (χ1v) is 8.46. The first kappa shape index (κ1) is 13.0. The number of aromatic nitrogens is 4. The van der Waals surface area contributed by atoms with Crippen molar-refractivity contribution >= 4 is 21.9 Å². The van der Waals surface area contributed by atoms with Gasteiger partial charge in [-0.05, 0) is 24.3 Å². The summed E-state index contributed by atoms with van der Waals surface area (Å²) >= 11 is 0. The summed E-state index contributed by atoms with van der Waals surface area (Å²) in [5, 5.41) is 1.18. The fourth-order valence-corrected chi connectivity index (χ4v) is 4.04. The Hall–Kier alpha value is -3.40. The predicted molar refractivity (Wildman–Crippen MR) is 97.2 cm³/mol. The van der Waals surface area contributed by atoms with Crippen LogP contribution in [0.25, 0.3) is 33.3 Å². The number of pyridine rings is 1. The zero-order chi connectivity index (χ0) is 16.4. The van der Waals surface area contributed by atoms with Crippen LogP contribution in [0.3, 0.4) is 0 Å². The number of imidazole rings is 1. The van der Waals surface area contributed by atoms with Gasteiger partial charge in [-0.1, -0.05) is 36.4 Å². The lowest BCUT2D eigenvalue weighted by atomic mass is 10.1. The molecule has 5 aromatic rings. The van der Waals surface area contributed by atoms with Gasteiger partial charge in [0.05, 0.1) is 16.6 Å². The number of rotatable bonds is 1. The Morgan fingerprint density at radius 1 is 0.880 bits per heavy atom. The predicted octanol–water partition coefficient (Wildman–Crippen LogP) is 3.62. The second kappa shape index (κ2) is 4.57. The van der Waals surface area contributed by atoms with Crippen molar-refractivity contribution in [1.29, 1.82) is 0 Å². The van der Waals surface area contributed by atoms with E-state index < -0.39 is 0 Å². The maximum absolute atomic E-state index is 4.64. The van der Waals surface area contributed by atoms with Gasteiger partial charge in [-0.2, -0.15) is 4.68 Å². The second-order valence-electron chi connectivity index (χ2n) is 6.45. The van der Waals surface area contributed by atoms with Gasteiger partial charge >= 0.3 is 5.82 Å². The molecule has 0 unspecified atom stereocenters. The number of hydrogen-bond donors (Lipinski definition) is 0. The molecule has 118 valence electrons. The Morgan fingerprint density at radius 2 is 1.72 bits per heavy atom. The summed E-state index contributed by atoms with van der Waals surface area (Å²) < 4.78 is 6.82. The number of hydrogen-bond acceptors (Lipinski definition) is 1. The summed E-state index contributed by atoms with van der Waals surface area (Å²) in [6.45, 7) is 0.924. The van der Waals surface area contributed by atoms with Gasteiger partial charge in [-0.15, -0.1) is 4.68 Å². The van der Waals surface area contributed by atoms with Gasteiger partial charge in [0.2, 0.25) is 0 Å². The largest absolute Gasteiger partial charge is 0.313 e. The highest BCUT2D eigenvalue weighted by atomic mass is 15.5. The molecule has 0 N–H and O–H groups in total. The average Bonchev–Trinajstić information content (AvgIpc) is 3.31. The molecule has 6 rings (SSSR count). The third-order valence-electron chi connectivity index (χ3n) is 5.09. The molecule has 0 bridgehead atoms. The Kier molecular flexibility index (Phi) is 2.37. The molecule has 0 amide bonds. The minimum absolute atomic E-state index is 0.924. The SMILES string of the molecule is c1ccc2c(c1)C[n+]1ccn(-n3c4ccccc4c4ncccc43)c1-2. The maximum Gasteiger partial charge on any atom is 0.313 e. The van der Waals surface area contributed by atoms with Crippen LogP contribution in [0, 0.1) is 0 Å². The zero-order valence-electron chi connectivity index (χ0n) is 13.5. The summed E-state index contributed by atoms with van der Waals surface area (Å²) in [6.07, 6.45) is 6.17. The average molecular weight is 323 g/mol. The van der Waals surface area contributed by atoms with Crippen molar-refractivity contribution in [3.8, 4) is 11.4 Å². The van der Waals surface area contributed by atoms with Crippen molar-refractivity contribution in [3.63, 3.8) is 0 Å². The molecule has 3 aromatic heterocycles. The number of para-hydroxylation sites is 1. The third-order valence-corrected chi connectivity index (χ3v) is 5.09. The van der Waals surface area contributed by atoms with Crippen molar-refractivity contribution in [2.45, 2.75) is 6.54 Å². The normalized spacial score (nSPS) is 12.6. The summed E-state index contributed by atoms with van der Waals surface area (Å²) in [4.78, 5) is 4.64. The van der Waals surface area contributed by atoms with E-state index in [0.717, 1.165) is 17.6 Å². The molecule has 0 fully saturated rings. The van der Waals surface area contributed by atoms with Crippen LogP contribution in [0.1, 0.15) is 5.56 Å². The van der Waals surface area contributed by atoms with Gasteiger partial charge in [-0.3, -0.25) is 4.98 Å². The molecule has 4 heteroatoms. The van der Waals surface area contributed by atoms with Gasteiger partial charge in [0.15, 0.2) is 6.20 Å². The van der Waals surface area contributed by atoms with Crippen LogP contribution < -0.4 is 4.57 Å². The molecule has 0 saturated heterocycles. The van der Waals surface area contributed by atoms with Crippen molar-refractivity contribution in [3.05, 3.63) is 84.8 Å². The maximum atomic E-state index is 4.64. The Bertz CT molecular complexity index is 1220. The molecule has 0 aliphatic carbocycles. The Balaban J connectivity index is 1.77. The lowest BCUT2D eigenvalue weighted by Crippen LogP contribution is -2.30. The van der Waals surface area contributed by atoms with Crippen LogP contribution in [-0.4, -0.2) is 14.3 Å². The summed E-state index contributed by atoms with van der Waals surface area (Å²) in [5.74, 6) is 1.21. The van der Waals surface area contributed by atoms with E-state index in [0.29, 0.717) is 0 Å².